The number of carbonyl (C=O) groups excluding carboxylic acids is 1. The SMILES string of the molecule is N#Cc1cc(F)ccc1NC(=O)N[C@H]1c2ccccc2C[C@H]1O. The topological polar surface area (TPSA) is 85.2 Å². The smallest absolute Gasteiger partial charge is 0.319 e. The Hall–Kier alpha value is -2.91. The van der Waals surface area contributed by atoms with E-state index in [4.69, 9.17) is 5.26 Å². The van der Waals surface area contributed by atoms with Crippen molar-refractivity contribution >= 4 is 11.7 Å². The zero-order valence-corrected chi connectivity index (χ0v) is 12.1. The van der Waals surface area contributed by atoms with Crippen LogP contribution in [0.1, 0.15) is 22.7 Å². The summed E-state index contributed by atoms with van der Waals surface area (Å²) < 4.78 is 13.1. The number of hydrogen-bond acceptors (Lipinski definition) is 3. The van der Waals surface area contributed by atoms with Crippen LogP contribution in [-0.4, -0.2) is 17.2 Å². The average Bonchev–Trinajstić information content (AvgIpc) is 2.85. The van der Waals surface area contributed by atoms with E-state index in [1.165, 1.54) is 6.07 Å². The molecule has 1 aliphatic rings. The van der Waals surface area contributed by atoms with Gasteiger partial charge >= 0.3 is 6.03 Å². The number of benzene rings is 2. The maximum absolute atomic E-state index is 13.1. The second kappa shape index (κ2) is 6.07. The molecule has 116 valence electrons. The number of carbonyl (C=O) groups is 1. The third kappa shape index (κ3) is 3.00. The Balaban J connectivity index is 1.75. The molecule has 0 aliphatic heterocycles. The molecule has 0 saturated heterocycles. The average molecular weight is 311 g/mol. The number of nitriles is 1. The number of nitrogens with zero attached hydrogens (tertiary/aromatic N) is 1. The predicted molar refractivity (Wildman–Crippen MR) is 82.2 cm³/mol. The highest BCUT2D eigenvalue weighted by molar-refractivity contribution is 5.91. The summed E-state index contributed by atoms with van der Waals surface area (Å²) in [4.78, 5) is 12.1. The van der Waals surface area contributed by atoms with E-state index in [1.54, 1.807) is 0 Å². The molecule has 2 aromatic rings. The van der Waals surface area contributed by atoms with Gasteiger partial charge in [0.15, 0.2) is 0 Å². The van der Waals surface area contributed by atoms with Gasteiger partial charge in [0, 0.05) is 6.42 Å². The molecule has 0 fully saturated rings. The number of rotatable bonds is 2. The molecule has 0 unspecified atom stereocenters. The maximum atomic E-state index is 13.1. The fraction of sp³-hybridized carbons (Fsp3) is 0.176. The molecule has 0 spiro atoms. The number of nitrogens with one attached hydrogen (secondary N) is 2. The van der Waals surface area contributed by atoms with E-state index < -0.39 is 24.0 Å². The minimum Gasteiger partial charge on any atom is -0.390 e. The molecule has 6 heteroatoms. The fourth-order valence-corrected chi connectivity index (χ4v) is 2.77. The van der Waals surface area contributed by atoms with E-state index >= 15 is 0 Å². The van der Waals surface area contributed by atoms with Crippen LogP contribution in [0.2, 0.25) is 0 Å². The van der Waals surface area contributed by atoms with Gasteiger partial charge in [-0.1, -0.05) is 24.3 Å². The number of hydrogen-bond donors (Lipinski definition) is 3. The lowest BCUT2D eigenvalue weighted by molar-refractivity contribution is 0.144. The molecule has 5 nitrogen and oxygen atoms in total. The molecule has 0 saturated carbocycles. The van der Waals surface area contributed by atoms with Crippen LogP contribution in [0, 0.1) is 17.1 Å². The van der Waals surface area contributed by atoms with E-state index in [-0.39, 0.29) is 11.3 Å². The standard InChI is InChI=1S/C17H14FN3O2/c18-12-5-6-14(11(7-12)9-19)20-17(23)21-16-13-4-2-1-3-10(13)8-15(16)22/h1-7,15-16,22H,8H2,(H2,20,21,23)/t15-,16+/m1/s1. The van der Waals surface area contributed by atoms with Gasteiger partial charge in [0.2, 0.25) is 0 Å². The summed E-state index contributed by atoms with van der Waals surface area (Å²) in [6, 6.07) is 11.8. The monoisotopic (exact) mass is 311 g/mol. The van der Waals surface area contributed by atoms with Gasteiger partial charge in [-0.05, 0) is 29.3 Å². The summed E-state index contributed by atoms with van der Waals surface area (Å²) in [5.74, 6) is -0.548. The first-order valence-electron chi connectivity index (χ1n) is 7.11. The van der Waals surface area contributed by atoms with Crippen LogP contribution in [-0.2, 0) is 6.42 Å². The summed E-state index contributed by atoms with van der Waals surface area (Å²) in [5.41, 5.74) is 2.11. The van der Waals surface area contributed by atoms with Crippen LogP contribution in [0.3, 0.4) is 0 Å². The zero-order chi connectivity index (χ0) is 16.4. The van der Waals surface area contributed by atoms with Crippen molar-refractivity contribution in [1.82, 2.24) is 5.32 Å². The largest absolute Gasteiger partial charge is 0.390 e. The van der Waals surface area contributed by atoms with E-state index in [0.717, 1.165) is 23.3 Å². The van der Waals surface area contributed by atoms with Crippen LogP contribution in [0.15, 0.2) is 42.5 Å². The molecule has 3 N–H and O–H groups in total. The van der Waals surface area contributed by atoms with Gasteiger partial charge in [-0.15, -0.1) is 0 Å². The molecule has 0 radical (unpaired) electrons. The number of aliphatic hydroxyl groups is 1. The van der Waals surface area contributed by atoms with E-state index in [1.807, 2.05) is 30.3 Å². The fourth-order valence-electron chi connectivity index (χ4n) is 2.77. The van der Waals surface area contributed by atoms with Crippen molar-refractivity contribution in [3.05, 3.63) is 65.0 Å². The summed E-state index contributed by atoms with van der Waals surface area (Å²) in [7, 11) is 0. The quantitative estimate of drug-likeness (QED) is 0.796. The van der Waals surface area contributed by atoms with Crippen LogP contribution < -0.4 is 10.6 Å². The Bertz CT molecular complexity index is 801. The second-order valence-corrected chi connectivity index (χ2v) is 5.35. The number of amides is 2. The second-order valence-electron chi connectivity index (χ2n) is 5.35. The lowest BCUT2D eigenvalue weighted by Crippen LogP contribution is -2.36. The maximum Gasteiger partial charge on any atom is 0.319 e. The van der Waals surface area contributed by atoms with Crippen molar-refractivity contribution in [2.24, 2.45) is 0 Å². The predicted octanol–water partition coefficient (Wildman–Crippen LogP) is 2.48. The van der Waals surface area contributed by atoms with E-state index in [9.17, 15) is 14.3 Å². The summed E-state index contributed by atoms with van der Waals surface area (Å²) >= 11 is 0. The molecule has 0 bridgehead atoms. The van der Waals surface area contributed by atoms with Gasteiger partial charge in [-0.25, -0.2) is 9.18 Å². The molecular weight excluding hydrogens is 297 g/mol. The lowest BCUT2D eigenvalue weighted by atomic mass is 10.1. The van der Waals surface area contributed by atoms with Crippen LogP contribution >= 0.6 is 0 Å². The van der Waals surface area contributed by atoms with Crippen LogP contribution in [0.25, 0.3) is 0 Å². The number of fused-ring (bicyclic) bond motifs is 1. The van der Waals surface area contributed by atoms with Crippen LogP contribution in [0.5, 0.6) is 0 Å². The third-order valence-electron chi connectivity index (χ3n) is 3.84. The highest BCUT2D eigenvalue weighted by Crippen LogP contribution is 2.31. The molecule has 2 amide bonds. The summed E-state index contributed by atoms with van der Waals surface area (Å²) in [6.45, 7) is 0. The summed E-state index contributed by atoms with van der Waals surface area (Å²) in [6.07, 6.45) is -0.233. The Kier molecular flexibility index (Phi) is 3.96. The van der Waals surface area contributed by atoms with Gasteiger partial charge in [0.05, 0.1) is 23.4 Å². The number of anilines is 1. The lowest BCUT2D eigenvalue weighted by Gasteiger charge is -2.18. The zero-order valence-electron chi connectivity index (χ0n) is 12.1. The van der Waals surface area contributed by atoms with Crippen LogP contribution in [0.4, 0.5) is 14.9 Å². The Morgan fingerprint density at radius 2 is 2.09 bits per heavy atom. The number of urea groups is 1. The first-order chi connectivity index (χ1) is 11.1. The van der Waals surface area contributed by atoms with Crippen molar-refractivity contribution < 1.29 is 14.3 Å². The molecule has 0 aromatic heterocycles. The Labute approximate surface area is 132 Å². The minimum absolute atomic E-state index is 0.0347. The van der Waals surface area contributed by atoms with E-state index in [0.29, 0.717) is 6.42 Å². The van der Waals surface area contributed by atoms with Gasteiger partial charge in [0.1, 0.15) is 11.9 Å². The summed E-state index contributed by atoms with van der Waals surface area (Å²) in [5, 5.41) is 24.3. The Morgan fingerprint density at radius 3 is 2.87 bits per heavy atom. The number of aliphatic hydroxyl groups excluding tert-OH is 1. The van der Waals surface area contributed by atoms with Crippen molar-refractivity contribution in [2.75, 3.05) is 5.32 Å². The molecule has 0 heterocycles. The molecular formula is C17H14FN3O2. The Morgan fingerprint density at radius 1 is 1.30 bits per heavy atom. The highest BCUT2D eigenvalue weighted by atomic mass is 19.1. The third-order valence-corrected chi connectivity index (χ3v) is 3.84. The van der Waals surface area contributed by atoms with E-state index in [2.05, 4.69) is 10.6 Å². The number of halogens is 1. The van der Waals surface area contributed by atoms with Crippen molar-refractivity contribution in [2.45, 2.75) is 18.6 Å². The van der Waals surface area contributed by atoms with Crippen molar-refractivity contribution in [3.8, 4) is 6.07 Å². The molecule has 2 aromatic carbocycles. The molecule has 23 heavy (non-hydrogen) atoms. The van der Waals surface area contributed by atoms with Crippen molar-refractivity contribution in [1.29, 1.82) is 5.26 Å². The van der Waals surface area contributed by atoms with Gasteiger partial charge in [-0.2, -0.15) is 5.26 Å². The molecule has 2 atom stereocenters. The molecule has 3 rings (SSSR count). The first kappa shape index (κ1) is 15.0. The van der Waals surface area contributed by atoms with Gasteiger partial charge in [0.25, 0.3) is 0 Å². The van der Waals surface area contributed by atoms with Gasteiger partial charge < -0.3 is 15.7 Å². The highest BCUT2D eigenvalue weighted by Gasteiger charge is 2.31. The van der Waals surface area contributed by atoms with Crippen molar-refractivity contribution in [3.63, 3.8) is 0 Å². The van der Waals surface area contributed by atoms with Gasteiger partial charge in [-0.3, -0.25) is 0 Å². The normalized spacial score (nSPS) is 18.8. The first-order valence-corrected chi connectivity index (χ1v) is 7.11. The minimum atomic E-state index is -0.707. The molecule has 1 aliphatic carbocycles.